The third kappa shape index (κ3) is 1.76. The van der Waals surface area contributed by atoms with Gasteiger partial charge < -0.3 is 5.32 Å². The minimum absolute atomic E-state index is 0.257. The number of hydrogen-bond donors (Lipinski definition) is 1. The van der Waals surface area contributed by atoms with Gasteiger partial charge in [-0.05, 0) is 26.7 Å². The van der Waals surface area contributed by atoms with Gasteiger partial charge in [-0.1, -0.05) is 20.4 Å². The summed E-state index contributed by atoms with van der Waals surface area (Å²) in [6, 6.07) is 0. The molecule has 0 aromatic carbocycles. The molecule has 0 aromatic heterocycles. The van der Waals surface area contributed by atoms with Gasteiger partial charge in [-0.25, -0.2) is 0 Å². The van der Waals surface area contributed by atoms with Crippen LogP contribution < -0.4 is 5.32 Å². The Morgan fingerprint density at radius 3 is 2.09 bits per heavy atom. The highest BCUT2D eigenvalue weighted by Crippen LogP contribution is 2.37. The number of piperidine rings is 1. The second-order valence-corrected chi connectivity index (χ2v) is 4.87. The third-order valence-electron chi connectivity index (χ3n) is 2.68. The molecule has 11 heavy (non-hydrogen) atoms. The van der Waals surface area contributed by atoms with Crippen molar-refractivity contribution in [1.29, 1.82) is 0 Å². The molecule has 1 heterocycles. The van der Waals surface area contributed by atoms with Crippen LogP contribution in [0.2, 0.25) is 0 Å². The van der Waals surface area contributed by atoms with E-state index in [0.717, 1.165) is 0 Å². The van der Waals surface area contributed by atoms with Gasteiger partial charge in [-0.2, -0.15) is 0 Å². The Bertz CT molecular complexity index is 177. The maximum absolute atomic E-state index is 4.05. The fourth-order valence-corrected chi connectivity index (χ4v) is 1.42. The van der Waals surface area contributed by atoms with Crippen molar-refractivity contribution in [3.63, 3.8) is 0 Å². The van der Waals surface area contributed by atoms with Crippen LogP contribution in [0.1, 0.15) is 40.5 Å². The van der Waals surface area contributed by atoms with Crippen LogP contribution in [0.3, 0.4) is 0 Å². The topological polar surface area (TPSA) is 12.0 Å². The largest absolute Gasteiger partial charge is 0.384 e. The molecule has 0 aliphatic carbocycles. The van der Waals surface area contributed by atoms with Gasteiger partial charge in [0.15, 0.2) is 0 Å². The molecule has 0 bridgehead atoms. The van der Waals surface area contributed by atoms with Crippen LogP contribution in [-0.4, -0.2) is 5.54 Å². The van der Waals surface area contributed by atoms with E-state index in [0.29, 0.717) is 0 Å². The molecule has 0 radical (unpaired) electrons. The molecule has 0 saturated carbocycles. The van der Waals surface area contributed by atoms with Crippen molar-refractivity contribution in [2.45, 2.75) is 46.1 Å². The van der Waals surface area contributed by atoms with Gasteiger partial charge in [0.1, 0.15) is 0 Å². The highest BCUT2D eigenvalue weighted by atomic mass is 15.0. The summed E-state index contributed by atoms with van der Waals surface area (Å²) in [7, 11) is 0. The fourth-order valence-electron chi connectivity index (χ4n) is 1.42. The van der Waals surface area contributed by atoms with Crippen molar-refractivity contribution in [2.24, 2.45) is 5.41 Å². The number of hydrogen-bond acceptors (Lipinski definition) is 1. The van der Waals surface area contributed by atoms with E-state index >= 15 is 0 Å². The molecule has 0 unspecified atom stereocenters. The second-order valence-electron chi connectivity index (χ2n) is 4.87. The molecule has 0 atom stereocenters. The highest BCUT2D eigenvalue weighted by Gasteiger charge is 2.33. The summed E-state index contributed by atoms with van der Waals surface area (Å²) in [6.45, 7) is 13.0. The summed E-state index contributed by atoms with van der Waals surface area (Å²) in [5.74, 6) is 0. The average molecular weight is 153 g/mol. The first-order valence-electron chi connectivity index (χ1n) is 4.31. The average Bonchev–Trinajstić information content (AvgIpc) is 1.81. The lowest BCUT2D eigenvalue weighted by atomic mass is 9.76. The molecule has 1 N–H and O–H groups in total. The maximum atomic E-state index is 4.05. The molecule has 64 valence electrons. The molecule has 1 aliphatic heterocycles. The second kappa shape index (κ2) is 2.26. The summed E-state index contributed by atoms with van der Waals surface area (Å²) in [4.78, 5) is 0. The Balaban J connectivity index is 2.71. The van der Waals surface area contributed by atoms with Gasteiger partial charge >= 0.3 is 0 Å². The van der Waals surface area contributed by atoms with E-state index in [4.69, 9.17) is 0 Å². The van der Waals surface area contributed by atoms with E-state index in [-0.39, 0.29) is 11.0 Å². The summed E-state index contributed by atoms with van der Waals surface area (Å²) < 4.78 is 0. The maximum Gasteiger partial charge on any atom is 0.0314 e. The SMILES string of the molecule is C=C1NC(C)(C)CCC1(C)C. The lowest BCUT2D eigenvalue weighted by molar-refractivity contribution is 0.227. The Kier molecular flexibility index (Phi) is 1.78. The lowest BCUT2D eigenvalue weighted by Gasteiger charge is -2.43. The van der Waals surface area contributed by atoms with Gasteiger partial charge in [0, 0.05) is 16.7 Å². The van der Waals surface area contributed by atoms with Gasteiger partial charge in [-0.3, -0.25) is 0 Å². The highest BCUT2D eigenvalue weighted by molar-refractivity contribution is 5.12. The van der Waals surface area contributed by atoms with Crippen molar-refractivity contribution >= 4 is 0 Å². The number of rotatable bonds is 0. The van der Waals surface area contributed by atoms with E-state index in [1.54, 1.807) is 0 Å². The quantitative estimate of drug-likeness (QED) is 0.564. The molecule has 1 fully saturated rings. The van der Waals surface area contributed by atoms with Crippen LogP contribution >= 0.6 is 0 Å². The summed E-state index contributed by atoms with van der Waals surface area (Å²) in [5, 5.41) is 3.45. The first kappa shape index (κ1) is 8.63. The molecule has 1 heteroatoms. The van der Waals surface area contributed by atoms with Crippen LogP contribution in [0.25, 0.3) is 0 Å². The Morgan fingerprint density at radius 1 is 1.18 bits per heavy atom. The molecule has 1 nitrogen and oxygen atoms in total. The van der Waals surface area contributed by atoms with E-state index in [1.165, 1.54) is 18.5 Å². The van der Waals surface area contributed by atoms with Crippen LogP contribution in [0.15, 0.2) is 12.3 Å². The van der Waals surface area contributed by atoms with Crippen molar-refractivity contribution in [2.75, 3.05) is 0 Å². The number of nitrogens with one attached hydrogen (secondary N) is 1. The minimum atomic E-state index is 0.257. The molecule has 0 spiro atoms. The lowest BCUT2D eigenvalue weighted by Crippen LogP contribution is -2.47. The van der Waals surface area contributed by atoms with E-state index in [9.17, 15) is 0 Å². The molecule has 0 amide bonds. The molecule has 1 rings (SSSR count). The van der Waals surface area contributed by atoms with Gasteiger partial charge in [0.2, 0.25) is 0 Å². The monoisotopic (exact) mass is 153 g/mol. The predicted octanol–water partition coefficient (Wildman–Crippen LogP) is 2.69. The standard InChI is InChI=1S/C10H19N/c1-8-9(2,3)6-7-10(4,5)11-8/h11H,1,6-7H2,2-5H3. The summed E-state index contributed by atoms with van der Waals surface area (Å²) >= 11 is 0. The van der Waals surface area contributed by atoms with Crippen molar-refractivity contribution in [3.8, 4) is 0 Å². The smallest absolute Gasteiger partial charge is 0.0314 e. The minimum Gasteiger partial charge on any atom is -0.384 e. The van der Waals surface area contributed by atoms with Gasteiger partial charge in [0.25, 0.3) is 0 Å². The first-order chi connectivity index (χ1) is 4.83. The zero-order valence-electron chi connectivity index (χ0n) is 8.12. The molecular formula is C10H19N. The molecular weight excluding hydrogens is 134 g/mol. The van der Waals surface area contributed by atoms with E-state index < -0.39 is 0 Å². The Labute approximate surface area is 69.9 Å². The molecule has 0 aromatic rings. The fraction of sp³-hybridized carbons (Fsp3) is 0.800. The third-order valence-corrected chi connectivity index (χ3v) is 2.68. The zero-order valence-corrected chi connectivity index (χ0v) is 8.12. The van der Waals surface area contributed by atoms with Crippen LogP contribution in [-0.2, 0) is 0 Å². The van der Waals surface area contributed by atoms with Crippen molar-refractivity contribution in [1.82, 2.24) is 5.32 Å². The van der Waals surface area contributed by atoms with Crippen LogP contribution in [0.4, 0.5) is 0 Å². The van der Waals surface area contributed by atoms with Crippen molar-refractivity contribution < 1.29 is 0 Å². The Hall–Kier alpha value is -0.460. The van der Waals surface area contributed by atoms with E-state index in [1.807, 2.05) is 0 Å². The van der Waals surface area contributed by atoms with E-state index in [2.05, 4.69) is 39.6 Å². The van der Waals surface area contributed by atoms with Crippen LogP contribution in [0, 0.1) is 5.41 Å². The number of allylic oxidation sites excluding steroid dienone is 1. The normalized spacial score (nSPS) is 27.8. The summed E-state index contributed by atoms with van der Waals surface area (Å²) in [5.41, 5.74) is 1.73. The predicted molar refractivity (Wildman–Crippen MR) is 49.4 cm³/mol. The van der Waals surface area contributed by atoms with Crippen molar-refractivity contribution in [3.05, 3.63) is 12.3 Å². The zero-order chi connectivity index (χ0) is 8.70. The van der Waals surface area contributed by atoms with Gasteiger partial charge in [-0.15, -0.1) is 0 Å². The molecule has 1 aliphatic rings. The Morgan fingerprint density at radius 2 is 1.73 bits per heavy atom. The van der Waals surface area contributed by atoms with Gasteiger partial charge in [0.05, 0.1) is 0 Å². The first-order valence-corrected chi connectivity index (χ1v) is 4.31. The molecule has 1 saturated heterocycles. The summed E-state index contributed by atoms with van der Waals surface area (Å²) in [6.07, 6.45) is 2.48. The van der Waals surface area contributed by atoms with Crippen LogP contribution in [0.5, 0.6) is 0 Å².